The van der Waals surface area contributed by atoms with Crippen molar-refractivity contribution in [2.24, 2.45) is 0 Å². The summed E-state index contributed by atoms with van der Waals surface area (Å²) in [5.41, 5.74) is 6.41. The van der Waals surface area contributed by atoms with Gasteiger partial charge in [0.25, 0.3) is 5.91 Å². The van der Waals surface area contributed by atoms with Gasteiger partial charge in [-0.1, -0.05) is 11.6 Å². The van der Waals surface area contributed by atoms with E-state index in [-0.39, 0.29) is 5.91 Å². The Labute approximate surface area is 160 Å². The number of hydrogen-bond donors (Lipinski definition) is 1. The number of carbonyl (C=O) groups excluding carboxylic acids is 1. The number of nitrogens with one attached hydrogen (secondary N) is 1. The van der Waals surface area contributed by atoms with Gasteiger partial charge < -0.3 is 14.8 Å². The van der Waals surface area contributed by atoms with Crippen LogP contribution in [0.1, 0.15) is 33.6 Å². The Morgan fingerprint density at radius 2 is 1.93 bits per heavy atom. The highest BCUT2D eigenvalue weighted by Crippen LogP contribution is 2.25. The number of carbonyl (C=O) groups is 1. The number of aryl methyl sites for hydroxylation is 3. The molecule has 1 amide bonds. The molecule has 3 aromatic rings. The van der Waals surface area contributed by atoms with E-state index in [1.54, 1.807) is 0 Å². The van der Waals surface area contributed by atoms with Crippen molar-refractivity contribution in [2.45, 2.75) is 27.2 Å². The van der Waals surface area contributed by atoms with E-state index in [1.807, 2.05) is 24.2 Å². The van der Waals surface area contributed by atoms with Crippen molar-refractivity contribution >= 4 is 22.5 Å². The lowest BCUT2D eigenvalue weighted by Gasteiger charge is -2.25. The predicted molar refractivity (Wildman–Crippen MR) is 109 cm³/mol. The lowest BCUT2D eigenvalue weighted by atomic mass is 10.1. The number of anilines is 1. The highest BCUT2D eigenvalue weighted by Gasteiger charge is 2.24. The van der Waals surface area contributed by atoms with Gasteiger partial charge in [-0.15, -0.1) is 0 Å². The minimum Gasteiger partial charge on any atom is -0.369 e. The van der Waals surface area contributed by atoms with Gasteiger partial charge in [0, 0.05) is 55.2 Å². The van der Waals surface area contributed by atoms with Crippen LogP contribution in [-0.2, 0) is 0 Å². The van der Waals surface area contributed by atoms with Gasteiger partial charge in [-0.05, 0) is 56.5 Å². The first-order chi connectivity index (χ1) is 13.0. The van der Waals surface area contributed by atoms with Crippen LogP contribution in [0, 0.1) is 20.8 Å². The van der Waals surface area contributed by atoms with Crippen molar-refractivity contribution in [1.82, 2.24) is 14.9 Å². The van der Waals surface area contributed by atoms with E-state index in [1.165, 1.54) is 16.8 Å². The van der Waals surface area contributed by atoms with Crippen molar-refractivity contribution in [3.63, 3.8) is 0 Å². The summed E-state index contributed by atoms with van der Waals surface area (Å²) < 4.78 is 0. The fraction of sp³-hybridized carbons (Fsp3) is 0.364. The molecule has 27 heavy (non-hydrogen) atoms. The molecular formula is C22H26N4O. The topological polar surface area (TPSA) is 52.2 Å². The molecule has 1 N–H and O–H groups in total. The molecule has 1 aliphatic rings. The first-order valence-corrected chi connectivity index (χ1v) is 9.58. The zero-order valence-electron chi connectivity index (χ0n) is 16.2. The number of pyridine rings is 1. The Kier molecular flexibility index (Phi) is 4.60. The van der Waals surface area contributed by atoms with E-state index in [0.717, 1.165) is 54.8 Å². The molecule has 5 heteroatoms. The van der Waals surface area contributed by atoms with E-state index >= 15 is 0 Å². The van der Waals surface area contributed by atoms with Gasteiger partial charge >= 0.3 is 0 Å². The first kappa shape index (κ1) is 17.6. The molecule has 0 aliphatic carbocycles. The summed E-state index contributed by atoms with van der Waals surface area (Å²) in [6.45, 7) is 9.52. The smallest absolute Gasteiger partial charge is 0.270 e. The maximum Gasteiger partial charge on any atom is 0.270 e. The van der Waals surface area contributed by atoms with Gasteiger partial charge in [0.05, 0.1) is 0 Å². The van der Waals surface area contributed by atoms with Gasteiger partial charge in [-0.2, -0.15) is 0 Å². The number of nitrogens with zero attached hydrogens (tertiary/aromatic N) is 3. The van der Waals surface area contributed by atoms with Crippen molar-refractivity contribution in [3.8, 4) is 0 Å². The third kappa shape index (κ3) is 3.29. The summed E-state index contributed by atoms with van der Waals surface area (Å²) in [6, 6.07) is 8.35. The highest BCUT2D eigenvalue weighted by atomic mass is 16.2. The molecule has 0 spiro atoms. The number of benzene rings is 1. The van der Waals surface area contributed by atoms with E-state index in [2.05, 4.69) is 53.0 Å². The summed E-state index contributed by atoms with van der Waals surface area (Å²) in [5.74, 6) is 0.106. The zero-order chi connectivity index (χ0) is 19.0. The van der Waals surface area contributed by atoms with Gasteiger partial charge in [-0.3, -0.25) is 9.78 Å². The standard InChI is InChI=1S/C22H26N4O/c1-15-5-6-19-18(13-15)17(3)21(24-19)22(27)26-10-4-9-25(11-12-26)20-7-8-23-14-16(20)2/h5-8,13-14,24H,4,9-12H2,1-3H3. The largest absolute Gasteiger partial charge is 0.369 e. The van der Waals surface area contributed by atoms with Crippen LogP contribution < -0.4 is 4.90 Å². The van der Waals surface area contributed by atoms with Gasteiger partial charge in [0.2, 0.25) is 0 Å². The van der Waals surface area contributed by atoms with Crippen LogP contribution in [0.25, 0.3) is 10.9 Å². The summed E-state index contributed by atoms with van der Waals surface area (Å²) >= 11 is 0. The molecule has 140 valence electrons. The van der Waals surface area contributed by atoms with Crippen LogP contribution in [-0.4, -0.2) is 47.0 Å². The Morgan fingerprint density at radius 3 is 2.74 bits per heavy atom. The molecule has 4 rings (SSSR count). The number of aromatic nitrogens is 2. The number of hydrogen-bond acceptors (Lipinski definition) is 3. The van der Waals surface area contributed by atoms with E-state index in [0.29, 0.717) is 0 Å². The average Bonchev–Trinajstić information content (AvgIpc) is 2.84. The molecule has 5 nitrogen and oxygen atoms in total. The molecule has 3 heterocycles. The predicted octanol–water partition coefficient (Wildman–Crippen LogP) is 3.84. The number of fused-ring (bicyclic) bond motifs is 1. The molecular weight excluding hydrogens is 336 g/mol. The minimum atomic E-state index is 0.106. The number of rotatable bonds is 2. The van der Waals surface area contributed by atoms with Gasteiger partial charge in [0.1, 0.15) is 5.69 Å². The molecule has 0 radical (unpaired) electrons. The molecule has 0 unspecified atom stereocenters. The summed E-state index contributed by atoms with van der Waals surface area (Å²) in [6.07, 6.45) is 4.71. The SMILES string of the molecule is Cc1ccc2[nH]c(C(=O)N3CCCN(c4ccncc4C)CC3)c(C)c2c1. The Hall–Kier alpha value is -2.82. The fourth-order valence-electron chi connectivity index (χ4n) is 3.99. The van der Waals surface area contributed by atoms with Crippen LogP contribution in [0.2, 0.25) is 0 Å². The van der Waals surface area contributed by atoms with Gasteiger partial charge in [-0.25, -0.2) is 0 Å². The monoisotopic (exact) mass is 362 g/mol. The van der Waals surface area contributed by atoms with Crippen molar-refractivity contribution in [1.29, 1.82) is 0 Å². The van der Waals surface area contributed by atoms with Crippen molar-refractivity contribution in [3.05, 3.63) is 59.0 Å². The molecule has 1 aromatic carbocycles. The van der Waals surface area contributed by atoms with E-state index in [9.17, 15) is 4.79 Å². The second-order valence-corrected chi connectivity index (χ2v) is 7.47. The van der Waals surface area contributed by atoms with Crippen molar-refractivity contribution in [2.75, 3.05) is 31.1 Å². The summed E-state index contributed by atoms with van der Waals surface area (Å²) in [5, 5.41) is 1.14. The number of H-pyrrole nitrogens is 1. The molecule has 1 fully saturated rings. The number of aromatic amines is 1. The third-order valence-corrected chi connectivity index (χ3v) is 5.54. The number of amides is 1. The fourth-order valence-corrected chi connectivity index (χ4v) is 3.99. The lowest BCUT2D eigenvalue weighted by molar-refractivity contribution is 0.0761. The lowest BCUT2D eigenvalue weighted by Crippen LogP contribution is -2.35. The summed E-state index contributed by atoms with van der Waals surface area (Å²) in [7, 11) is 0. The minimum absolute atomic E-state index is 0.106. The summed E-state index contributed by atoms with van der Waals surface area (Å²) in [4.78, 5) is 25.1. The Balaban J connectivity index is 1.55. The van der Waals surface area contributed by atoms with Crippen LogP contribution in [0.15, 0.2) is 36.7 Å². The zero-order valence-corrected chi connectivity index (χ0v) is 16.2. The van der Waals surface area contributed by atoms with Crippen molar-refractivity contribution < 1.29 is 4.79 Å². The second-order valence-electron chi connectivity index (χ2n) is 7.47. The maximum atomic E-state index is 13.2. The molecule has 0 bridgehead atoms. The molecule has 0 saturated carbocycles. The van der Waals surface area contributed by atoms with E-state index < -0.39 is 0 Å². The normalized spacial score (nSPS) is 15.2. The average molecular weight is 362 g/mol. The Morgan fingerprint density at radius 1 is 1.07 bits per heavy atom. The first-order valence-electron chi connectivity index (χ1n) is 9.58. The maximum absolute atomic E-state index is 13.2. The van der Waals surface area contributed by atoms with Crippen LogP contribution in [0.4, 0.5) is 5.69 Å². The van der Waals surface area contributed by atoms with Crippen LogP contribution in [0.5, 0.6) is 0 Å². The molecule has 1 saturated heterocycles. The molecule has 0 atom stereocenters. The second kappa shape index (κ2) is 7.06. The quantitative estimate of drug-likeness (QED) is 0.753. The molecule has 2 aromatic heterocycles. The third-order valence-electron chi connectivity index (χ3n) is 5.54. The van der Waals surface area contributed by atoms with Crippen LogP contribution >= 0.6 is 0 Å². The highest BCUT2D eigenvalue weighted by molar-refractivity contribution is 6.01. The Bertz CT molecular complexity index is 991. The van der Waals surface area contributed by atoms with Gasteiger partial charge in [0.15, 0.2) is 0 Å². The molecule has 1 aliphatic heterocycles. The van der Waals surface area contributed by atoms with E-state index in [4.69, 9.17) is 0 Å². The van der Waals surface area contributed by atoms with Crippen LogP contribution in [0.3, 0.4) is 0 Å².